The Bertz CT molecular complexity index is 670. The molecule has 0 bridgehead atoms. The maximum Gasteiger partial charge on any atom is 0.218 e. The molecule has 0 atom stereocenters. The summed E-state index contributed by atoms with van der Waals surface area (Å²) in [7, 11) is 0. The molecule has 110 valence electrons. The van der Waals surface area contributed by atoms with Gasteiger partial charge in [0.2, 0.25) is 5.69 Å². The highest BCUT2D eigenvalue weighted by Crippen LogP contribution is 2.27. The molecule has 0 fully saturated rings. The van der Waals surface area contributed by atoms with Crippen LogP contribution in [0.2, 0.25) is 0 Å². The van der Waals surface area contributed by atoms with Crippen LogP contribution in [0.15, 0.2) is 42.5 Å². The minimum Gasteiger partial charge on any atom is -1.00 e. The molecule has 1 heterocycles. The Kier molecular flexibility index (Phi) is 5.81. The number of benzene rings is 2. The van der Waals surface area contributed by atoms with Crippen molar-refractivity contribution in [1.82, 2.24) is 0 Å². The van der Waals surface area contributed by atoms with E-state index in [0.717, 1.165) is 18.7 Å². The van der Waals surface area contributed by atoms with Crippen molar-refractivity contribution in [1.29, 1.82) is 0 Å². The minimum atomic E-state index is 0. The zero-order valence-corrected chi connectivity index (χ0v) is 15.6. The van der Waals surface area contributed by atoms with E-state index >= 15 is 0 Å². The molecule has 0 amide bonds. The average molecular weight is 458 g/mol. The van der Waals surface area contributed by atoms with Crippen LogP contribution in [0.5, 0.6) is 5.75 Å². The van der Waals surface area contributed by atoms with Crippen molar-refractivity contribution in [3.8, 4) is 5.75 Å². The van der Waals surface area contributed by atoms with Crippen LogP contribution >= 0.6 is 22.6 Å². The molecule has 0 aliphatic carbocycles. The number of hydrogen-bond acceptors (Lipinski definition) is 1. The van der Waals surface area contributed by atoms with Gasteiger partial charge in [-0.25, -0.2) is 0 Å². The Hall–Kier alpha value is -0.880. The first kappa shape index (κ1) is 16.5. The van der Waals surface area contributed by atoms with Crippen molar-refractivity contribution >= 4 is 34.5 Å². The van der Waals surface area contributed by atoms with Crippen molar-refractivity contribution < 1.29 is 26.3 Å². The van der Waals surface area contributed by atoms with Gasteiger partial charge in [-0.15, -0.1) is 0 Å². The second-order valence-corrected chi connectivity index (χ2v) is 5.95. The van der Waals surface area contributed by atoms with E-state index in [2.05, 4.69) is 75.8 Å². The minimum absolute atomic E-state index is 0. The third-order valence-electron chi connectivity index (χ3n) is 3.53. The van der Waals surface area contributed by atoms with Crippen LogP contribution in [0.1, 0.15) is 18.1 Å². The fourth-order valence-corrected chi connectivity index (χ4v) is 3.27. The molecule has 2 aromatic carbocycles. The summed E-state index contributed by atoms with van der Waals surface area (Å²) in [5.41, 5.74) is 3.86. The third kappa shape index (κ3) is 3.48. The summed E-state index contributed by atoms with van der Waals surface area (Å²) in [6.45, 7) is 3.75. The van der Waals surface area contributed by atoms with Crippen LogP contribution in [0.25, 0.3) is 0 Å². The Morgan fingerprint density at radius 3 is 2.71 bits per heavy atom. The largest absolute Gasteiger partial charge is 1.00 e. The highest BCUT2D eigenvalue weighted by Gasteiger charge is 2.22. The van der Waals surface area contributed by atoms with Gasteiger partial charge in [0, 0.05) is 12.5 Å². The lowest BCUT2D eigenvalue weighted by molar-refractivity contribution is -0.437. The Labute approximate surface area is 149 Å². The van der Waals surface area contributed by atoms with Gasteiger partial charge in [0.05, 0.1) is 15.7 Å². The van der Waals surface area contributed by atoms with E-state index in [-0.39, 0.29) is 17.0 Å². The number of rotatable bonds is 3. The van der Waals surface area contributed by atoms with Crippen molar-refractivity contribution in [2.45, 2.75) is 13.3 Å². The van der Waals surface area contributed by atoms with E-state index in [4.69, 9.17) is 4.74 Å². The number of fused-ring (bicyclic) bond motifs is 1. The summed E-state index contributed by atoms with van der Waals surface area (Å²) in [4.78, 5) is 0. The Morgan fingerprint density at radius 2 is 1.95 bits per heavy atom. The fraction of sp³-hybridized carbons (Fsp3) is 0.235. The highest BCUT2D eigenvalue weighted by atomic mass is 127. The van der Waals surface area contributed by atoms with Crippen LogP contribution in [-0.2, 0) is 6.42 Å². The third-order valence-corrected chi connectivity index (χ3v) is 4.44. The lowest BCUT2D eigenvalue weighted by Crippen LogP contribution is -3.00. The van der Waals surface area contributed by atoms with Crippen molar-refractivity contribution in [3.05, 3.63) is 57.2 Å². The molecule has 2 aromatic rings. The second kappa shape index (κ2) is 7.40. The van der Waals surface area contributed by atoms with E-state index < -0.39 is 0 Å². The molecule has 2 nitrogen and oxygen atoms in total. The van der Waals surface area contributed by atoms with Gasteiger partial charge < -0.3 is 21.7 Å². The fourth-order valence-electron chi connectivity index (χ4n) is 2.57. The van der Waals surface area contributed by atoms with E-state index in [1.807, 2.05) is 6.92 Å². The van der Waals surface area contributed by atoms with Crippen molar-refractivity contribution in [2.75, 3.05) is 13.2 Å². The molecule has 0 radical (unpaired) electrons. The number of para-hydroxylation sites is 1. The van der Waals surface area contributed by atoms with E-state index in [9.17, 15) is 0 Å². The Morgan fingerprint density at radius 1 is 1.14 bits per heavy atom. The van der Waals surface area contributed by atoms with E-state index in [1.165, 1.54) is 20.4 Å². The summed E-state index contributed by atoms with van der Waals surface area (Å²) < 4.78 is 9.36. The van der Waals surface area contributed by atoms with Crippen LogP contribution < -0.4 is 21.7 Å². The molecule has 1 aliphatic rings. The molecule has 0 spiro atoms. The second-order valence-electron chi connectivity index (χ2n) is 4.79. The first-order valence-corrected chi connectivity index (χ1v) is 7.98. The zero-order chi connectivity index (χ0) is 13.9. The van der Waals surface area contributed by atoms with Gasteiger partial charge >= 0.3 is 0 Å². The summed E-state index contributed by atoms with van der Waals surface area (Å²) in [6.07, 6.45) is 3.28. The lowest BCUT2D eigenvalue weighted by Gasteiger charge is -2.15. The van der Waals surface area contributed by atoms with Gasteiger partial charge in [0.25, 0.3) is 0 Å². The van der Waals surface area contributed by atoms with Crippen LogP contribution in [0.3, 0.4) is 0 Å². The summed E-state index contributed by atoms with van der Waals surface area (Å²) >= 11 is 2.39. The van der Waals surface area contributed by atoms with Gasteiger partial charge in [-0.3, -0.25) is 0 Å². The maximum atomic E-state index is 5.76. The first-order chi connectivity index (χ1) is 9.79. The highest BCUT2D eigenvalue weighted by molar-refractivity contribution is 14.1. The van der Waals surface area contributed by atoms with Crippen molar-refractivity contribution in [3.63, 3.8) is 0 Å². The molecule has 0 N–H and O–H groups in total. The molecule has 0 saturated carbocycles. The number of ether oxygens (including phenoxy) is 1. The Balaban J connectivity index is 0.00000161. The molecule has 4 heteroatoms. The summed E-state index contributed by atoms with van der Waals surface area (Å²) in [6, 6.07) is 14.8. The van der Waals surface area contributed by atoms with E-state index in [0.29, 0.717) is 6.61 Å². The predicted octanol–water partition coefficient (Wildman–Crippen LogP) is 1.01. The standard InChI is InChI=1S/C17H17INO.BrH/c1-2-20-17-9-5-6-13-10-11-19(12-14(13)17)16-8-4-3-7-15(16)18;/h3-9,12H,2,10-11H2,1H3;1H/q+1;/p-1. The molecule has 21 heavy (non-hydrogen) atoms. The number of nitrogens with zero attached hydrogens (tertiary/aromatic N) is 1. The molecule has 1 aliphatic heterocycles. The van der Waals surface area contributed by atoms with Gasteiger partial charge in [-0.05, 0) is 47.2 Å². The summed E-state index contributed by atoms with van der Waals surface area (Å²) in [5.74, 6) is 0.987. The van der Waals surface area contributed by atoms with Crippen molar-refractivity contribution in [2.24, 2.45) is 0 Å². The normalized spacial score (nSPS) is 13.0. The molecular formula is C17H17BrINO. The molecular weight excluding hydrogens is 441 g/mol. The van der Waals surface area contributed by atoms with Crippen LogP contribution in [-0.4, -0.2) is 23.9 Å². The molecule has 0 saturated heterocycles. The SMILES string of the molecule is CCOc1cccc2c1C=[N+](c1ccccc1I)CC2.[Br-]. The number of hydrogen-bond donors (Lipinski definition) is 0. The summed E-state index contributed by atoms with van der Waals surface area (Å²) in [5, 5.41) is 0. The smallest absolute Gasteiger partial charge is 0.218 e. The molecule has 0 unspecified atom stereocenters. The first-order valence-electron chi connectivity index (χ1n) is 6.90. The number of halogens is 2. The topological polar surface area (TPSA) is 12.2 Å². The quantitative estimate of drug-likeness (QED) is 0.495. The van der Waals surface area contributed by atoms with Gasteiger partial charge in [0.15, 0.2) is 12.8 Å². The van der Waals surface area contributed by atoms with Gasteiger partial charge in [-0.2, -0.15) is 4.58 Å². The average Bonchev–Trinajstić information content (AvgIpc) is 2.48. The molecule has 3 rings (SSSR count). The zero-order valence-electron chi connectivity index (χ0n) is 11.9. The lowest BCUT2D eigenvalue weighted by atomic mass is 10.0. The van der Waals surface area contributed by atoms with Crippen LogP contribution in [0.4, 0.5) is 5.69 Å². The van der Waals surface area contributed by atoms with Gasteiger partial charge in [-0.1, -0.05) is 24.3 Å². The molecule has 0 aromatic heterocycles. The predicted molar refractivity (Wildman–Crippen MR) is 90.4 cm³/mol. The maximum absolute atomic E-state index is 5.76. The van der Waals surface area contributed by atoms with Crippen LogP contribution in [0, 0.1) is 3.57 Å². The van der Waals surface area contributed by atoms with E-state index in [1.54, 1.807) is 0 Å². The monoisotopic (exact) mass is 457 g/mol. The van der Waals surface area contributed by atoms with Gasteiger partial charge in [0.1, 0.15) is 5.75 Å².